The highest BCUT2D eigenvalue weighted by atomic mass is 127. The molecule has 0 radical (unpaired) electrons. The van der Waals surface area contributed by atoms with Gasteiger partial charge in [-0.05, 0) is 35.6 Å². The van der Waals surface area contributed by atoms with Gasteiger partial charge in [0.05, 0.1) is 5.69 Å². The third-order valence-corrected chi connectivity index (χ3v) is 4.34. The lowest BCUT2D eigenvalue weighted by molar-refractivity contribution is 0.370. The number of nitrogens with zero attached hydrogens (tertiary/aromatic N) is 4. The van der Waals surface area contributed by atoms with Crippen LogP contribution in [-0.4, -0.2) is 40.8 Å². The van der Waals surface area contributed by atoms with Gasteiger partial charge in [0.2, 0.25) is 0 Å². The zero-order valence-electron chi connectivity index (χ0n) is 14.6. The lowest BCUT2D eigenvalue weighted by Crippen LogP contribution is -2.40. The zero-order valence-corrected chi connectivity index (χ0v) is 16.9. The molecule has 1 fully saturated rings. The third kappa shape index (κ3) is 4.49. The van der Waals surface area contributed by atoms with Crippen molar-refractivity contribution in [1.29, 1.82) is 0 Å². The van der Waals surface area contributed by atoms with Crippen molar-refractivity contribution in [2.45, 2.75) is 26.8 Å². The Morgan fingerprint density at radius 2 is 2.04 bits per heavy atom. The average Bonchev–Trinajstić information content (AvgIpc) is 3.18. The average molecular weight is 439 g/mol. The Balaban J connectivity index is 0.00000208. The molecule has 0 aliphatic carbocycles. The Kier molecular flexibility index (Phi) is 6.26. The Morgan fingerprint density at radius 1 is 1.29 bits per heavy atom. The van der Waals surface area contributed by atoms with E-state index in [1.54, 1.807) is 6.20 Å². The van der Waals surface area contributed by atoms with Gasteiger partial charge >= 0.3 is 0 Å². The lowest BCUT2D eigenvalue weighted by Gasteiger charge is -2.23. The number of aromatic nitrogens is 2. The van der Waals surface area contributed by atoms with Crippen LogP contribution in [0.4, 0.5) is 0 Å². The Bertz CT molecular complexity index is 661. The molecule has 1 aliphatic heterocycles. The molecule has 0 spiro atoms. The van der Waals surface area contributed by atoms with E-state index in [1.807, 2.05) is 24.0 Å². The maximum absolute atomic E-state index is 4.43. The molecule has 24 heavy (non-hydrogen) atoms. The molecule has 1 aromatic carbocycles. The summed E-state index contributed by atoms with van der Waals surface area (Å²) in [5.41, 5.74) is 2.69. The molecule has 3 rings (SSSR count). The minimum Gasteiger partial charge on any atom is -0.352 e. The van der Waals surface area contributed by atoms with E-state index >= 15 is 0 Å². The molecule has 2 aromatic rings. The number of likely N-dealkylation sites (tertiary alicyclic amines) is 1. The van der Waals surface area contributed by atoms with Gasteiger partial charge in [-0.25, -0.2) is 4.68 Å². The van der Waals surface area contributed by atoms with E-state index < -0.39 is 0 Å². The third-order valence-electron chi connectivity index (χ3n) is 4.34. The first-order valence-corrected chi connectivity index (χ1v) is 8.12. The fraction of sp³-hybridized carbons (Fsp3) is 0.444. The maximum Gasteiger partial charge on any atom is 0.193 e. The van der Waals surface area contributed by atoms with Crippen LogP contribution < -0.4 is 5.32 Å². The highest BCUT2D eigenvalue weighted by molar-refractivity contribution is 14.0. The number of guanidine groups is 1. The van der Waals surface area contributed by atoms with Crippen molar-refractivity contribution < 1.29 is 0 Å². The van der Waals surface area contributed by atoms with E-state index in [0.717, 1.165) is 31.3 Å². The van der Waals surface area contributed by atoms with Crippen molar-refractivity contribution in [2.75, 3.05) is 20.1 Å². The van der Waals surface area contributed by atoms with E-state index in [1.165, 1.54) is 12.0 Å². The summed E-state index contributed by atoms with van der Waals surface area (Å²) in [5.74, 6) is 0.992. The van der Waals surface area contributed by atoms with E-state index in [9.17, 15) is 0 Å². The molecule has 1 aliphatic rings. The van der Waals surface area contributed by atoms with Gasteiger partial charge in [-0.2, -0.15) is 5.10 Å². The zero-order chi connectivity index (χ0) is 16.3. The number of hydrogen-bond donors (Lipinski definition) is 1. The number of aliphatic imine (C=N–C) groups is 1. The highest BCUT2D eigenvalue weighted by Gasteiger charge is 2.30. The highest BCUT2D eigenvalue weighted by Crippen LogP contribution is 2.28. The molecule has 5 nitrogen and oxygen atoms in total. The van der Waals surface area contributed by atoms with Gasteiger partial charge in [0.25, 0.3) is 0 Å². The molecular weight excluding hydrogens is 413 g/mol. The van der Waals surface area contributed by atoms with Crippen LogP contribution in [0.15, 0.2) is 47.7 Å². The van der Waals surface area contributed by atoms with Crippen LogP contribution in [0.5, 0.6) is 0 Å². The summed E-state index contributed by atoms with van der Waals surface area (Å²) in [6.07, 6.45) is 4.95. The molecule has 0 atom stereocenters. The van der Waals surface area contributed by atoms with Crippen molar-refractivity contribution in [3.63, 3.8) is 0 Å². The first kappa shape index (κ1) is 18.8. The summed E-state index contributed by atoms with van der Waals surface area (Å²) in [5, 5.41) is 7.72. The largest absolute Gasteiger partial charge is 0.352 e. The number of benzene rings is 1. The summed E-state index contributed by atoms with van der Waals surface area (Å²) < 4.78 is 1.86. The molecule has 1 aromatic heterocycles. The fourth-order valence-corrected chi connectivity index (χ4v) is 2.99. The standard InChI is InChI=1S/C18H25N5.HI/c1-18(2)9-12-22(14-18)17(19-3)20-13-15-5-7-16(8-6-15)23-11-4-10-21-23;/h4-8,10-11H,9,12-14H2,1-3H3,(H,19,20);1H. The second-order valence-electron chi connectivity index (χ2n) is 6.85. The van der Waals surface area contributed by atoms with Crippen molar-refractivity contribution in [2.24, 2.45) is 10.4 Å². The van der Waals surface area contributed by atoms with Crippen LogP contribution in [0.3, 0.4) is 0 Å². The monoisotopic (exact) mass is 439 g/mol. The fourth-order valence-electron chi connectivity index (χ4n) is 2.99. The van der Waals surface area contributed by atoms with Crippen molar-refractivity contribution >= 4 is 29.9 Å². The van der Waals surface area contributed by atoms with Crippen LogP contribution in [-0.2, 0) is 6.54 Å². The smallest absolute Gasteiger partial charge is 0.193 e. The van der Waals surface area contributed by atoms with Crippen LogP contribution in [0.2, 0.25) is 0 Å². The second-order valence-corrected chi connectivity index (χ2v) is 6.85. The minimum atomic E-state index is 0. The maximum atomic E-state index is 4.43. The second kappa shape index (κ2) is 8.00. The van der Waals surface area contributed by atoms with Gasteiger partial charge < -0.3 is 10.2 Å². The predicted octanol–water partition coefficient (Wildman–Crippen LogP) is 3.30. The summed E-state index contributed by atoms with van der Waals surface area (Å²) in [4.78, 5) is 6.77. The van der Waals surface area contributed by atoms with Gasteiger partial charge in [0.15, 0.2) is 5.96 Å². The van der Waals surface area contributed by atoms with Gasteiger partial charge in [0, 0.05) is 39.1 Å². The molecular formula is C18H26IN5. The molecule has 0 saturated carbocycles. The minimum absolute atomic E-state index is 0. The van der Waals surface area contributed by atoms with Crippen LogP contribution >= 0.6 is 24.0 Å². The Hall–Kier alpha value is -1.57. The predicted molar refractivity (Wildman–Crippen MR) is 109 cm³/mol. The van der Waals surface area contributed by atoms with Crippen molar-refractivity contribution in [3.8, 4) is 5.69 Å². The molecule has 1 saturated heterocycles. The van der Waals surface area contributed by atoms with Gasteiger partial charge in [0.1, 0.15) is 0 Å². The van der Waals surface area contributed by atoms with Crippen LogP contribution in [0, 0.1) is 5.41 Å². The summed E-state index contributed by atoms with van der Waals surface area (Å²) in [6.45, 7) is 7.54. The van der Waals surface area contributed by atoms with E-state index in [2.05, 4.69) is 58.4 Å². The van der Waals surface area contributed by atoms with E-state index in [0.29, 0.717) is 5.41 Å². The lowest BCUT2D eigenvalue weighted by atomic mass is 9.93. The number of halogens is 1. The van der Waals surface area contributed by atoms with Crippen molar-refractivity contribution in [3.05, 3.63) is 48.3 Å². The molecule has 130 valence electrons. The van der Waals surface area contributed by atoms with Crippen molar-refractivity contribution in [1.82, 2.24) is 20.0 Å². The summed E-state index contributed by atoms with van der Waals surface area (Å²) in [6, 6.07) is 10.4. The first-order chi connectivity index (χ1) is 11.1. The first-order valence-electron chi connectivity index (χ1n) is 8.12. The molecule has 0 unspecified atom stereocenters. The molecule has 0 amide bonds. The molecule has 6 heteroatoms. The van der Waals surface area contributed by atoms with Gasteiger partial charge in [-0.15, -0.1) is 24.0 Å². The quantitative estimate of drug-likeness (QED) is 0.454. The number of nitrogens with one attached hydrogen (secondary N) is 1. The van der Waals surface area contributed by atoms with E-state index in [-0.39, 0.29) is 24.0 Å². The number of rotatable bonds is 3. The SMILES string of the molecule is CN=C(NCc1ccc(-n2cccn2)cc1)N1CCC(C)(C)C1.I. The van der Waals surface area contributed by atoms with Gasteiger partial charge in [-0.1, -0.05) is 26.0 Å². The number of hydrogen-bond acceptors (Lipinski definition) is 2. The molecule has 0 bridgehead atoms. The van der Waals surface area contributed by atoms with Gasteiger partial charge in [-0.3, -0.25) is 4.99 Å². The van der Waals surface area contributed by atoms with E-state index in [4.69, 9.17) is 0 Å². The van der Waals surface area contributed by atoms with Crippen LogP contribution in [0.1, 0.15) is 25.8 Å². The topological polar surface area (TPSA) is 45.5 Å². The normalized spacial score (nSPS) is 16.8. The summed E-state index contributed by atoms with van der Waals surface area (Å²) in [7, 11) is 1.86. The Labute approximate surface area is 161 Å². The molecule has 2 heterocycles. The Morgan fingerprint density at radius 3 is 2.58 bits per heavy atom. The molecule has 1 N–H and O–H groups in total. The van der Waals surface area contributed by atoms with Crippen LogP contribution in [0.25, 0.3) is 5.69 Å². The summed E-state index contributed by atoms with van der Waals surface area (Å²) >= 11 is 0.